The van der Waals surface area contributed by atoms with Gasteiger partial charge in [0, 0.05) is 30.7 Å². The van der Waals surface area contributed by atoms with Gasteiger partial charge in [0.05, 0.1) is 0 Å². The smallest absolute Gasteiger partial charge is 0.337 e. The van der Waals surface area contributed by atoms with Gasteiger partial charge in [-0.2, -0.15) is 0 Å². The maximum absolute atomic E-state index is 11.3. The van der Waals surface area contributed by atoms with Crippen LogP contribution in [0.4, 0.5) is 0 Å². The van der Waals surface area contributed by atoms with E-state index in [0.717, 1.165) is 18.6 Å². The number of hydrogen-bond donors (Lipinski definition) is 0. The van der Waals surface area contributed by atoms with Crippen molar-refractivity contribution in [1.82, 2.24) is 0 Å². The Bertz CT molecular complexity index is 217. The number of esters is 1. The molecule has 1 aliphatic heterocycles. The maximum atomic E-state index is 11.3. The van der Waals surface area contributed by atoms with E-state index in [2.05, 4.69) is 6.58 Å². The lowest BCUT2D eigenvalue weighted by Crippen LogP contribution is -2.37. The molecule has 0 aromatic heterocycles. The monoisotopic (exact) mass is 201 g/mol. The summed E-state index contributed by atoms with van der Waals surface area (Å²) in [5, 5.41) is 0. The molecule has 13 heavy (non-hydrogen) atoms. The van der Waals surface area contributed by atoms with Crippen LogP contribution in [0.25, 0.3) is 0 Å². The summed E-state index contributed by atoms with van der Waals surface area (Å²) in [4.78, 5) is 11.0. The molecule has 0 radical (unpaired) electrons. The third-order valence-electron chi connectivity index (χ3n) is 2.16. The minimum absolute atomic E-state index is 0.253. The molecule has 1 rings (SSSR count). The van der Waals surface area contributed by atoms with Crippen molar-refractivity contribution < 1.29 is 9.53 Å². The van der Waals surface area contributed by atoms with Gasteiger partial charge in [0.2, 0.25) is 0 Å². The highest BCUT2D eigenvalue weighted by atomic mass is 32.2. The Kier molecular flexibility index (Phi) is 3.42. The molecule has 0 amide bonds. The zero-order valence-electron chi connectivity index (χ0n) is 8.30. The molecule has 1 saturated heterocycles. The van der Waals surface area contributed by atoms with E-state index < -0.39 is 0 Å². The fourth-order valence-corrected chi connectivity index (χ4v) is 2.65. The van der Waals surface area contributed by atoms with Crippen LogP contribution in [-0.4, -0.2) is 16.7 Å². The summed E-state index contributed by atoms with van der Waals surface area (Å²) < 4.78 is 5.39. The van der Waals surface area contributed by atoms with Crippen molar-refractivity contribution in [3.63, 3.8) is 0 Å². The molecule has 1 atom stereocenters. The number of carbonyl (C=O) groups excluding carboxylic acids is 1. The second-order valence-corrected chi connectivity index (χ2v) is 5.39. The van der Waals surface area contributed by atoms with Gasteiger partial charge >= 0.3 is 5.97 Å². The first kappa shape index (κ1) is 10.6. The van der Waals surface area contributed by atoms with Crippen LogP contribution in [0, 0.1) is 0 Å². The molecule has 0 spiro atoms. The van der Waals surface area contributed by atoms with Crippen molar-refractivity contribution in [3.8, 4) is 0 Å². The van der Waals surface area contributed by atoms with Crippen molar-refractivity contribution in [3.05, 3.63) is 12.2 Å². The predicted octanol–water partition coefficient (Wildman–Crippen LogP) is 1.82. The van der Waals surface area contributed by atoms with Gasteiger partial charge in [0.15, 0.2) is 0 Å². The van der Waals surface area contributed by atoms with Crippen molar-refractivity contribution in [2.45, 2.75) is 38.0 Å². The molecule has 1 fully saturated rings. The molecular weight excluding hydrogens is 184 g/mol. The molecule has 3 heteroatoms. The predicted molar refractivity (Wildman–Crippen MR) is 56.8 cm³/mol. The van der Waals surface area contributed by atoms with Gasteiger partial charge in [-0.15, -0.1) is 0 Å². The van der Waals surface area contributed by atoms with Crippen LogP contribution in [0.15, 0.2) is 12.2 Å². The van der Waals surface area contributed by atoms with Crippen molar-refractivity contribution in [1.29, 1.82) is 0 Å². The van der Waals surface area contributed by atoms with Crippen LogP contribution in [0.5, 0.6) is 0 Å². The van der Waals surface area contributed by atoms with Crippen molar-refractivity contribution >= 4 is 17.7 Å². The Morgan fingerprint density at radius 1 is 1.54 bits per heavy atom. The summed E-state index contributed by atoms with van der Waals surface area (Å²) in [6, 6.07) is 0. The molecule has 0 aromatic rings. The largest absolute Gasteiger partial charge is 0.411 e. The molecule has 1 heterocycles. The molecule has 74 valence electrons. The molecule has 0 saturated carbocycles. The second kappa shape index (κ2) is 4.18. The molecule has 2 nitrogen and oxygen atoms in total. The summed E-state index contributed by atoms with van der Waals surface area (Å²) in [5.41, 5.74) is 0.488. The van der Waals surface area contributed by atoms with E-state index in [1.54, 1.807) is 6.92 Å². The van der Waals surface area contributed by atoms with Crippen LogP contribution in [0.1, 0.15) is 33.1 Å². The van der Waals surface area contributed by atoms with Gasteiger partial charge in [0.25, 0.3) is 4.93 Å². The fraction of sp³-hybridized carbons (Fsp3) is 0.700. The number of carbonyl (C=O) groups is 1. The average Bonchev–Trinajstić information content (AvgIpc) is 2.04. The van der Waals surface area contributed by atoms with Crippen LogP contribution >= 0.6 is 0 Å². The second-order valence-electron chi connectivity index (χ2n) is 3.68. The molecular formula is C10H17O2S+. The molecule has 0 aromatic carbocycles. The molecule has 1 unspecified atom stereocenters. The Balaban J connectivity index is 2.50. The molecule has 0 bridgehead atoms. The van der Waals surface area contributed by atoms with Gasteiger partial charge in [-0.25, -0.2) is 4.79 Å². The van der Waals surface area contributed by atoms with Crippen LogP contribution in [0.3, 0.4) is 0 Å². The van der Waals surface area contributed by atoms with Gasteiger partial charge in [-0.1, -0.05) is 6.58 Å². The quantitative estimate of drug-likeness (QED) is 0.295. The Morgan fingerprint density at radius 3 is 2.69 bits per heavy atom. The fourth-order valence-electron chi connectivity index (χ4n) is 1.33. The first-order chi connectivity index (χ1) is 6.03. The average molecular weight is 201 g/mol. The minimum Gasteiger partial charge on any atom is -0.411 e. The number of thiol groups is 1. The molecule has 1 aliphatic rings. The maximum Gasteiger partial charge on any atom is 0.337 e. The lowest BCUT2D eigenvalue weighted by molar-refractivity contribution is -0.146. The topological polar surface area (TPSA) is 26.3 Å². The van der Waals surface area contributed by atoms with E-state index in [9.17, 15) is 4.79 Å². The standard InChI is InChI=1S/C10H16O2S/c1-8(2)9(11)12-10(3)6-4-5-7-13-10/h1,4-7H2,2-3H3/p+1. The van der Waals surface area contributed by atoms with E-state index >= 15 is 0 Å². The lowest BCUT2D eigenvalue weighted by Gasteiger charge is -2.25. The number of ether oxygens (including phenoxy) is 1. The Hall–Kier alpha value is -0.440. The minimum atomic E-state index is -0.256. The third-order valence-corrected chi connectivity index (χ3v) is 3.68. The SMILES string of the molecule is C=C(C)C(=O)OC1(C)CCCC[SH+]1. The summed E-state index contributed by atoms with van der Waals surface area (Å²) in [6.45, 7) is 7.27. The van der Waals surface area contributed by atoms with Gasteiger partial charge in [-0.3, -0.25) is 0 Å². The highest BCUT2D eigenvalue weighted by Crippen LogP contribution is 2.26. The van der Waals surface area contributed by atoms with E-state index in [4.69, 9.17) is 4.74 Å². The van der Waals surface area contributed by atoms with E-state index in [1.807, 2.05) is 6.92 Å². The van der Waals surface area contributed by atoms with Crippen molar-refractivity contribution in [2.24, 2.45) is 0 Å². The highest BCUT2D eigenvalue weighted by Gasteiger charge is 2.38. The van der Waals surface area contributed by atoms with E-state index in [0.29, 0.717) is 5.57 Å². The summed E-state index contributed by atoms with van der Waals surface area (Å²) in [7, 11) is 0. The first-order valence-corrected chi connectivity index (χ1v) is 5.69. The van der Waals surface area contributed by atoms with Crippen LogP contribution in [0.2, 0.25) is 0 Å². The third kappa shape index (κ3) is 3.07. The zero-order valence-corrected chi connectivity index (χ0v) is 9.19. The lowest BCUT2D eigenvalue weighted by atomic mass is 10.1. The van der Waals surface area contributed by atoms with E-state index in [-0.39, 0.29) is 10.9 Å². The van der Waals surface area contributed by atoms with E-state index in [1.165, 1.54) is 18.2 Å². The first-order valence-electron chi connectivity index (χ1n) is 4.61. The van der Waals surface area contributed by atoms with Gasteiger partial charge in [0.1, 0.15) is 5.75 Å². The zero-order chi connectivity index (χ0) is 9.90. The van der Waals surface area contributed by atoms with Crippen molar-refractivity contribution in [2.75, 3.05) is 5.75 Å². The number of hydrogen-bond acceptors (Lipinski definition) is 2. The Labute approximate surface area is 83.7 Å². The summed E-state index contributed by atoms with van der Waals surface area (Å²) in [5.74, 6) is 0.886. The highest BCUT2D eigenvalue weighted by molar-refractivity contribution is 7.79. The molecule has 0 aliphatic carbocycles. The molecule has 0 N–H and O–H groups in total. The number of rotatable bonds is 2. The van der Waals surface area contributed by atoms with Crippen LogP contribution < -0.4 is 0 Å². The van der Waals surface area contributed by atoms with Gasteiger partial charge in [-0.05, 0) is 19.8 Å². The Morgan fingerprint density at radius 2 is 2.23 bits per heavy atom. The van der Waals surface area contributed by atoms with Crippen LogP contribution in [-0.2, 0) is 21.3 Å². The summed E-state index contributed by atoms with van der Waals surface area (Å²) >= 11 is 1.24. The summed E-state index contributed by atoms with van der Waals surface area (Å²) in [6.07, 6.45) is 3.39. The van der Waals surface area contributed by atoms with Gasteiger partial charge < -0.3 is 4.74 Å². The normalized spacial score (nSPS) is 28.2.